The van der Waals surface area contributed by atoms with E-state index in [1.54, 1.807) is 24.0 Å². The normalized spacial score (nSPS) is 11.3. The van der Waals surface area contributed by atoms with E-state index in [1.807, 2.05) is 120 Å². The molecule has 0 fully saturated rings. The molecule has 0 amide bonds. The summed E-state index contributed by atoms with van der Waals surface area (Å²) in [6.07, 6.45) is 12.5. The topological polar surface area (TPSA) is 156 Å². The Bertz CT molecular complexity index is 4500. The third-order valence-electron chi connectivity index (χ3n) is 16.4. The molecule has 0 N–H and O–H groups in total. The zero-order chi connectivity index (χ0) is 62.5. The second-order valence-corrected chi connectivity index (χ2v) is 24.9. The van der Waals surface area contributed by atoms with Crippen molar-refractivity contribution >= 4 is 151 Å². The Morgan fingerprint density at radius 3 is 1.23 bits per heavy atom. The van der Waals surface area contributed by atoms with Gasteiger partial charge in [-0.3, -0.25) is 19.9 Å². The highest BCUT2D eigenvalue weighted by Gasteiger charge is 2.16. The number of aryl methyl sites for hydroxylation is 12. The molecule has 0 spiro atoms. The fourth-order valence-corrected chi connectivity index (χ4v) is 13.9. The van der Waals surface area contributed by atoms with Crippen LogP contribution in [0.4, 0.5) is 0 Å². The number of pyridine rings is 4. The summed E-state index contributed by atoms with van der Waals surface area (Å²) in [5.41, 5.74) is 25.2. The first-order valence-electron chi connectivity index (χ1n) is 29.7. The van der Waals surface area contributed by atoms with Crippen LogP contribution in [0, 0.1) is 83.1 Å². The number of nitrogens with zero attached hydrogens (tertiary/aromatic N) is 8. The number of hydrogen-bond donors (Lipinski definition) is 0. The molecule has 12 aromatic heterocycles. The van der Waals surface area contributed by atoms with Crippen LogP contribution in [0.2, 0.25) is 0 Å². The maximum atomic E-state index is 5.87. The van der Waals surface area contributed by atoms with Crippen molar-refractivity contribution in [2.24, 2.45) is 0 Å². The quantitative estimate of drug-likeness (QED) is 0.142. The van der Waals surface area contributed by atoms with Gasteiger partial charge in [0.1, 0.15) is 51.6 Å². The number of hydrogen-bond acceptors (Lipinski definition) is 14. The Labute approximate surface area is 527 Å². The molecule has 0 atom stereocenters. The van der Waals surface area contributed by atoms with Gasteiger partial charge >= 0.3 is 0 Å². The molecule has 0 aliphatic heterocycles. The minimum Gasteiger partial charge on any atom is -0.455 e. The van der Waals surface area contributed by atoms with Crippen LogP contribution in [0.15, 0.2) is 189 Å². The van der Waals surface area contributed by atoms with E-state index in [1.165, 1.54) is 62.8 Å². The third kappa shape index (κ3) is 10.8. The standard InChI is InChI=1S/3C13H11NO.C13H11NS.C12H10N2O.C12H10N2S/c1-8-4-3-5-10-11-7-14-6-9(2)13(11)15-12(8)10;1-8-4-3-5-10-11-6-7-14-9(2)13(11)15-12(8)10;2*1-8-4-3-5-10-11-13(15-12(8)10)9(2)6-7-14-11;2*1-7-4-3-5-9-10-12(15-11(7)9)8(2)13-6-14-10/h4*3-7H,1-2H3;2*3-6H,1-2H3. The lowest BCUT2D eigenvalue weighted by molar-refractivity contribution is 0.658. The number of para-hydroxylation sites is 4. The molecule has 444 valence electrons. The predicted octanol–water partition coefficient (Wildman–Crippen LogP) is 21.3. The van der Waals surface area contributed by atoms with Crippen LogP contribution >= 0.6 is 22.7 Å². The Balaban J connectivity index is 0.0000000991. The molecule has 18 aromatic rings. The summed E-state index contributed by atoms with van der Waals surface area (Å²) in [7, 11) is 0. The van der Waals surface area contributed by atoms with Crippen molar-refractivity contribution in [1.29, 1.82) is 0 Å². The maximum Gasteiger partial charge on any atom is 0.175 e. The molecule has 12 nitrogen and oxygen atoms in total. The first kappa shape index (κ1) is 58.7. The van der Waals surface area contributed by atoms with E-state index in [9.17, 15) is 0 Å². The van der Waals surface area contributed by atoms with Crippen molar-refractivity contribution in [1.82, 2.24) is 39.9 Å². The molecule has 0 saturated heterocycles. The van der Waals surface area contributed by atoms with Crippen LogP contribution < -0.4 is 0 Å². The largest absolute Gasteiger partial charge is 0.455 e. The highest BCUT2D eigenvalue weighted by Crippen LogP contribution is 2.39. The molecule has 0 radical (unpaired) electrons. The Kier molecular flexibility index (Phi) is 15.9. The van der Waals surface area contributed by atoms with Crippen LogP contribution in [0.5, 0.6) is 0 Å². The SMILES string of the molecule is Cc1cccc2c1oc1c(C)ccnc12.Cc1cccc2c1oc1c(C)cncc12.Cc1cccc2c1oc1c(C)nccc12.Cc1cccc2c1oc1c(C)ncnc12.Cc1cccc2c1sc1c(C)ccnc12.Cc1cccc2c1sc1c(C)ncnc12. The monoisotopic (exact) mass is 1220 g/mol. The lowest BCUT2D eigenvalue weighted by Gasteiger charge is -1.93. The molecular weight excluding hydrogens is 1150 g/mol. The lowest BCUT2D eigenvalue weighted by Crippen LogP contribution is -1.82. The summed E-state index contributed by atoms with van der Waals surface area (Å²) in [4.78, 5) is 34.3. The van der Waals surface area contributed by atoms with E-state index in [-0.39, 0.29) is 0 Å². The van der Waals surface area contributed by atoms with Gasteiger partial charge in [0.05, 0.1) is 37.5 Å². The summed E-state index contributed by atoms with van der Waals surface area (Å²) >= 11 is 3.64. The van der Waals surface area contributed by atoms with E-state index in [0.717, 1.165) is 133 Å². The second kappa shape index (κ2) is 24.4. The average Bonchev–Trinajstić information content (AvgIpc) is 2.88. The van der Waals surface area contributed by atoms with Crippen molar-refractivity contribution in [3.05, 3.63) is 238 Å². The smallest absolute Gasteiger partial charge is 0.175 e. The van der Waals surface area contributed by atoms with Crippen molar-refractivity contribution < 1.29 is 17.7 Å². The molecule has 0 saturated carbocycles. The van der Waals surface area contributed by atoms with Gasteiger partial charge < -0.3 is 17.7 Å². The molecule has 0 bridgehead atoms. The van der Waals surface area contributed by atoms with Crippen LogP contribution in [0.25, 0.3) is 129 Å². The molecule has 0 unspecified atom stereocenters. The molecule has 6 aromatic carbocycles. The Hall–Kier alpha value is -10.3. The summed E-state index contributed by atoms with van der Waals surface area (Å²) in [5.74, 6) is 0. The van der Waals surface area contributed by atoms with E-state index in [2.05, 4.69) is 172 Å². The van der Waals surface area contributed by atoms with Gasteiger partial charge in [-0.15, -0.1) is 22.7 Å². The first-order valence-corrected chi connectivity index (χ1v) is 31.4. The average molecular weight is 1220 g/mol. The minimum atomic E-state index is 0.793. The van der Waals surface area contributed by atoms with Crippen LogP contribution in [-0.4, -0.2) is 39.9 Å². The maximum absolute atomic E-state index is 5.87. The number of aromatic nitrogens is 8. The molecule has 14 heteroatoms. The Morgan fingerprint density at radius 2 is 0.622 bits per heavy atom. The van der Waals surface area contributed by atoms with Crippen molar-refractivity contribution in [2.75, 3.05) is 0 Å². The molecule has 0 aliphatic rings. The van der Waals surface area contributed by atoms with Crippen molar-refractivity contribution in [3.8, 4) is 0 Å². The molecule has 90 heavy (non-hydrogen) atoms. The fourth-order valence-electron chi connectivity index (χ4n) is 11.6. The Morgan fingerprint density at radius 1 is 0.244 bits per heavy atom. The van der Waals surface area contributed by atoms with E-state index < -0.39 is 0 Å². The first-order chi connectivity index (χ1) is 43.6. The van der Waals surface area contributed by atoms with Crippen molar-refractivity contribution in [3.63, 3.8) is 0 Å². The van der Waals surface area contributed by atoms with Gasteiger partial charge in [0.25, 0.3) is 0 Å². The van der Waals surface area contributed by atoms with Gasteiger partial charge in [0, 0.05) is 89.0 Å². The molecule has 0 aliphatic carbocycles. The summed E-state index contributed by atoms with van der Waals surface area (Å²) in [6, 6.07) is 43.5. The number of rotatable bonds is 0. The van der Waals surface area contributed by atoms with E-state index in [4.69, 9.17) is 17.7 Å². The third-order valence-corrected chi connectivity index (χ3v) is 19.3. The highest BCUT2D eigenvalue weighted by atomic mass is 32.1. The van der Waals surface area contributed by atoms with Crippen LogP contribution in [0.3, 0.4) is 0 Å². The van der Waals surface area contributed by atoms with Gasteiger partial charge in [0.2, 0.25) is 0 Å². The number of thiophene rings is 2. The van der Waals surface area contributed by atoms with Crippen molar-refractivity contribution in [2.45, 2.75) is 83.1 Å². The summed E-state index contributed by atoms with van der Waals surface area (Å²) in [6.45, 7) is 24.7. The predicted molar refractivity (Wildman–Crippen MR) is 373 cm³/mol. The van der Waals surface area contributed by atoms with Gasteiger partial charge in [0.15, 0.2) is 16.7 Å². The van der Waals surface area contributed by atoms with Gasteiger partial charge in [-0.05, 0) is 158 Å². The van der Waals surface area contributed by atoms with Crippen LogP contribution in [0.1, 0.15) is 67.2 Å². The number of benzene rings is 6. The van der Waals surface area contributed by atoms with Gasteiger partial charge in [-0.2, -0.15) is 0 Å². The highest BCUT2D eigenvalue weighted by molar-refractivity contribution is 7.26. The summed E-state index contributed by atoms with van der Waals surface area (Å²) < 4.78 is 28.6. The van der Waals surface area contributed by atoms with Gasteiger partial charge in [-0.25, -0.2) is 19.9 Å². The fraction of sp³-hybridized carbons (Fsp3) is 0.158. The van der Waals surface area contributed by atoms with Crippen LogP contribution in [-0.2, 0) is 0 Å². The molecule has 18 rings (SSSR count). The van der Waals surface area contributed by atoms with E-state index >= 15 is 0 Å². The summed E-state index contributed by atoms with van der Waals surface area (Å²) in [5, 5.41) is 9.30. The zero-order valence-corrected chi connectivity index (χ0v) is 53.8. The zero-order valence-electron chi connectivity index (χ0n) is 52.2. The number of furan rings is 4. The molecule has 12 heterocycles. The lowest BCUT2D eigenvalue weighted by atomic mass is 10.1. The second-order valence-electron chi connectivity index (χ2n) is 22.8. The number of fused-ring (bicyclic) bond motifs is 18. The minimum absolute atomic E-state index is 0.793. The van der Waals surface area contributed by atoms with Gasteiger partial charge in [-0.1, -0.05) is 97.1 Å². The molecular formula is C76H64N8O4S2. The van der Waals surface area contributed by atoms with E-state index in [0.29, 0.717) is 0 Å².